The summed E-state index contributed by atoms with van der Waals surface area (Å²) in [5.74, 6) is -0.219. The summed E-state index contributed by atoms with van der Waals surface area (Å²) >= 11 is 0. The van der Waals surface area contributed by atoms with Gasteiger partial charge < -0.3 is 5.11 Å². The largest absolute Gasteiger partial charge is 0.498 e. The number of halogens is 3. The van der Waals surface area contributed by atoms with Crippen LogP contribution in [0.25, 0.3) is 11.3 Å². The van der Waals surface area contributed by atoms with Crippen LogP contribution in [-0.2, 0) is 14.8 Å². The Morgan fingerprint density at radius 3 is 2.11 bits per heavy atom. The maximum absolute atomic E-state index is 13.8. The summed E-state index contributed by atoms with van der Waals surface area (Å²) in [5.41, 5.74) is 1.62. The number of aromatic nitrogens is 1. The SMILES string of the molecule is O=C(O)CC1CCC(c2ccc(-c3ccc(N(C(F)(F)F)S(=O)(=O)c4ccccc4)cn3)cc2)CC1. The van der Waals surface area contributed by atoms with Gasteiger partial charge in [-0.1, -0.05) is 42.5 Å². The molecule has 1 aliphatic carbocycles. The number of nitrogens with zero attached hydrogens (tertiary/aromatic N) is 2. The van der Waals surface area contributed by atoms with Crippen molar-refractivity contribution in [2.24, 2.45) is 5.92 Å². The van der Waals surface area contributed by atoms with Gasteiger partial charge in [-0.25, -0.2) is 8.42 Å². The van der Waals surface area contributed by atoms with E-state index < -0.39 is 37.2 Å². The molecule has 2 aromatic carbocycles. The Morgan fingerprint density at radius 2 is 1.58 bits per heavy atom. The highest BCUT2D eigenvalue weighted by Crippen LogP contribution is 2.38. The molecule has 0 saturated heterocycles. The van der Waals surface area contributed by atoms with E-state index in [0.29, 0.717) is 17.2 Å². The maximum Gasteiger partial charge on any atom is 0.498 e. The minimum atomic E-state index is -5.18. The molecule has 3 aromatic rings. The average molecular weight is 519 g/mol. The molecule has 0 unspecified atom stereocenters. The van der Waals surface area contributed by atoms with Crippen molar-refractivity contribution in [3.63, 3.8) is 0 Å². The third-order valence-electron chi connectivity index (χ3n) is 6.48. The van der Waals surface area contributed by atoms with Crippen LogP contribution >= 0.6 is 0 Å². The molecule has 4 rings (SSSR count). The van der Waals surface area contributed by atoms with Crippen LogP contribution in [0.5, 0.6) is 0 Å². The molecule has 1 fully saturated rings. The summed E-state index contributed by atoms with van der Waals surface area (Å²) in [4.78, 5) is 14.6. The van der Waals surface area contributed by atoms with Crippen LogP contribution < -0.4 is 4.31 Å². The van der Waals surface area contributed by atoms with Gasteiger partial charge in [-0.2, -0.15) is 4.31 Å². The fraction of sp³-hybridized carbons (Fsp3) is 0.308. The standard InChI is InChI=1S/C26H25F3N2O4S/c27-26(28,29)31(36(34,35)23-4-2-1-3-5-23)22-14-15-24(30-17-22)21-12-10-20(11-13-21)19-8-6-18(7-9-19)16-25(32)33/h1-5,10-15,17-19H,6-9,16H2,(H,32,33). The van der Waals surface area contributed by atoms with Gasteiger partial charge in [-0.15, -0.1) is 13.2 Å². The van der Waals surface area contributed by atoms with Crippen LogP contribution in [0.4, 0.5) is 18.9 Å². The van der Waals surface area contributed by atoms with E-state index in [-0.39, 0.29) is 12.3 Å². The monoisotopic (exact) mass is 518 g/mol. The number of anilines is 1. The molecule has 1 aromatic heterocycles. The first-order valence-corrected chi connectivity index (χ1v) is 12.9. The number of pyridine rings is 1. The van der Waals surface area contributed by atoms with Crippen molar-refractivity contribution in [3.8, 4) is 11.3 Å². The summed E-state index contributed by atoms with van der Waals surface area (Å²) in [5, 5.41) is 8.97. The molecule has 0 aliphatic heterocycles. The molecule has 0 bridgehead atoms. The Labute approximate surface area is 207 Å². The van der Waals surface area contributed by atoms with Crippen molar-refractivity contribution >= 4 is 21.7 Å². The highest BCUT2D eigenvalue weighted by Gasteiger charge is 2.46. The third-order valence-corrected chi connectivity index (χ3v) is 8.25. The molecule has 36 heavy (non-hydrogen) atoms. The van der Waals surface area contributed by atoms with Gasteiger partial charge in [0.1, 0.15) is 0 Å². The van der Waals surface area contributed by atoms with E-state index in [9.17, 15) is 26.4 Å². The number of aliphatic carboxylic acids is 1. The summed E-state index contributed by atoms with van der Waals surface area (Å²) in [6.07, 6.45) is -0.525. The quantitative estimate of drug-likeness (QED) is 0.376. The van der Waals surface area contributed by atoms with E-state index >= 15 is 0 Å². The Bertz CT molecular complexity index is 1290. The number of carbonyl (C=O) groups is 1. The van der Waals surface area contributed by atoms with Crippen LogP contribution in [0, 0.1) is 5.92 Å². The number of carboxylic acid groups (broad SMARTS) is 1. The molecule has 190 valence electrons. The Morgan fingerprint density at radius 1 is 0.944 bits per heavy atom. The first kappa shape index (κ1) is 25.7. The number of sulfonamides is 1. The predicted octanol–water partition coefficient (Wildman–Crippen LogP) is 6.21. The van der Waals surface area contributed by atoms with Crippen molar-refractivity contribution < 1.29 is 31.5 Å². The lowest BCUT2D eigenvalue weighted by molar-refractivity contribution is -0.138. The first-order valence-electron chi connectivity index (χ1n) is 11.5. The van der Waals surface area contributed by atoms with Crippen LogP contribution in [0.15, 0.2) is 77.8 Å². The van der Waals surface area contributed by atoms with Gasteiger partial charge in [0.25, 0.3) is 10.0 Å². The minimum Gasteiger partial charge on any atom is -0.481 e. The van der Waals surface area contributed by atoms with Crippen molar-refractivity contribution in [2.75, 3.05) is 4.31 Å². The number of hydrogen-bond acceptors (Lipinski definition) is 4. The van der Waals surface area contributed by atoms with E-state index in [4.69, 9.17) is 5.11 Å². The predicted molar refractivity (Wildman–Crippen MR) is 129 cm³/mol. The van der Waals surface area contributed by atoms with Crippen molar-refractivity contribution in [1.29, 1.82) is 0 Å². The maximum atomic E-state index is 13.8. The Balaban J connectivity index is 1.51. The molecule has 1 heterocycles. The van der Waals surface area contributed by atoms with Crippen LogP contribution in [0.2, 0.25) is 0 Å². The molecule has 1 aliphatic rings. The molecule has 10 heteroatoms. The fourth-order valence-corrected chi connectivity index (χ4v) is 6.04. The molecule has 0 radical (unpaired) electrons. The zero-order valence-corrected chi connectivity index (χ0v) is 20.0. The first-order chi connectivity index (χ1) is 17.1. The molecular formula is C26H25F3N2O4S. The molecule has 0 atom stereocenters. The highest BCUT2D eigenvalue weighted by molar-refractivity contribution is 7.92. The zero-order chi connectivity index (χ0) is 25.9. The Hall–Kier alpha value is -3.40. The lowest BCUT2D eigenvalue weighted by atomic mass is 9.77. The van der Waals surface area contributed by atoms with Crippen molar-refractivity contribution in [1.82, 2.24) is 4.98 Å². The molecule has 6 nitrogen and oxygen atoms in total. The van der Waals surface area contributed by atoms with E-state index in [0.717, 1.165) is 55.6 Å². The molecule has 0 amide bonds. The second kappa shape index (κ2) is 10.3. The number of carboxylic acids is 1. The second-order valence-corrected chi connectivity index (χ2v) is 10.7. The highest BCUT2D eigenvalue weighted by atomic mass is 32.2. The van der Waals surface area contributed by atoms with Gasteiger partial charge in [0.2, 0.25) is 0 Å². The molecule has 1 N–H and O–H groups in total. The Kier molecular flexibility index (Phi) is 7.35. The number of rotatable bonds is 7. The lowest BCUT2D eigenvalue weighted by Gasteiger charge is -2.28. The van der Waals surface area contributed by atoms with E-state index in [1.165, 1.54) is 24.3 Å². The fourth-order valence-electron chi connectivity index (χ4n) is 4.67. The van der Waals surface area contributed by atoms with Gasteiger partial charge in [-0.05, 0) is 67.3 Å². The summed E-state index contributed by atoms with van der Waals surface area (Å²) < 4.78 is 66.3. The lowest BCUT2D eigenvalue weighted by Crippen LogP contribution is -2.43. The van der Waals surface area contributed by atoms with Gasteiger partial charge in [0.05, 0.1) is 22.5 Å². The average Bonchev–Trinajstić information content (AvgIpc) is 2.84. The normalized spacial score (nSPS) is 18.5. The van der Waals surface area contributed by atoms with E-state index in [1.807, 2.05) is 24.3 Å². The van der Waals surface area contributed by atoms with E-state index in [1.54, 1.807) is 0 Å². The minimum absolute atomic E-state index is 0.200. The number of benzene rings is 2. The summed E-state index contributed by atoms with van der Waals surface area (Å²) in [6.45, 7) is 0. The van der Waals surface area contributed by atoms with Gasteiger partial charge in [-0.3, -0.25) is 9.78 Å². The summed E-state index contributed by atoms with van der Waals surface area (Å²) in [6, 6.07) is 16.5. The van der Waals surface area contributed by atoms with Crippen LogP contribution in [0.1, 0.15) is 43.6 Å². The zero-order valence-electron chi connectivity index (χ0n) is 19.2. The second-order valence-electron chi connectivity index (χ2n) is 8.89. The van der Waals surface area contributed by atoms with E-state index in [2.05, 4.69) is 4.98 Å². The number of alkyl halides is 3. The third kappa shape index (κ3) is 5.70. The van der Waals surface area contributed by atoms with Crippen LogP contribution in [-0.4, -0.2) is 30.8 Å². The van der Waals surface area contributed by atoms with Gasteiger partial charge >= 0.3 is 12.3 Å². The topological polar surface area (TPSA) is 87.6 Å². The molecule has 1 saturated carbocycles. The van der Waals surface area contributed by atoms with Crippen LogP contribution in [0.3, 0.4) is 0 Å². The summed E-state index contributed by atoms with van der Waals surface area (Å²) in [7, 11) is -4.88. The van der Waals surface area contributed by atoms with Gasteiger partial charge in [0, 0.05) is 12.0 Å². The van der Waals surface area contributed by atoms with Crippen molar-refractivity contribution in [2.45, 2.75) is 49.2 Å². The smallest absolute Gasteiger partial charge is 0.481 e. The molecular weight excluding hydrogens is 493 g/mol. The van der Waals surface area contributed by atoms with Gasteiger partial charge in [0.15, 0.2) is 0 Å². The molecule has 0 spiro atoms. The van der Waals surface area contributed by atoms with Crippen molar-refractivity contribution in [3.05, 3.63) is 78.5 Å². The number of hydrogen-bond donors (Lipinski definition) is 1.